The average Bonchev–Trinajstić information content (AvgIpc) is 2.77. The van der Waals surface area contributed by atoms with Crippen molar-refractivity contribution in [3.63, 3.8) is 0 Å². The summed E-state index contributed by atoms with van der Waals surface area (Å²) in [4.78, 5) is 29.4. The van der Waals surface area contributed by atoms with E-state index >= 15 is 0 Å². The summed E-state index contributed by atoms with van der Waals surface area (Å²) in [6, 6.07) is 17.6. The third-order valence-corrected chi connectivity index (χ3v) is 2.89. The minimum Gasteiger partial charge on any atom is -0.508 e. The molecule has 0 radical (unpaired) electrons. The number of nitroso groups, excluding NO2 is 3. The molecule has 0 aromatic heterocycles. The van der Waals surface area contributed by atoms with E-state index in [1.807, 2.05) is 13.8 Å². The highest BCUT2D eigenvalue weighted by Gasteiger charge is 1.94. The van der Waals surface area contributed by atoms with Gasteiger partial charge in [-0.2, -0.15) is 0 Å². The van der Waals surface area contributed by atoms with Gasteiger partial charge in [0.05, 0.1) is 0 Å². The van der Waals surface area contributed by atoms with Gasteiger partial charge >= 0.3 is 0 Å². The Hall–Kier alpha value is -4.14. The Balaban J connectivity index is 0.000000388. The molecule has 0 amide bonds. The van der Waals surface area contributed by atoms with Crippen LogP contribution < -0.4 is 0 Å². The van der Waals surface area contributed by atoms with Crippen LogP contribution in [0.4, 0.5) is 17.1 Å². The molecule has 0 aliphatic rings. The van der Waals surface area contributed by atoms with E-state index < -0.39 is 0 Å². The van der Waals surface area contributed by atoms with E-state index in [0.29, 0.717) is 11.4 Å². The number of benzene rings is 3. The molecule has 3 rings (SSSR count). The largest absolute Gasteiger partial charge is 0.508 e. The first-order valence-electron chi connectivity index (χ1n) is 8.36. The Morgan fingerprint density at radius 2 is 0.931 bits per heavy atom. The van der Waals surface area contributed by atoms with Crippen LogP contribution in [-0.4, -0.2) is 15.3 Å². The Morgan fingerprint density at radius 3 is 1.21 bits per heavy atom. The zero-order valence-corrected chi connectivity index (χ0v) is 15.8. The Kier molecular flexibility index (Phi) is 12.8. The lowest BCUT2D eigenvalue weighted by molar-refractivity contribution is 0.475. The molecule has 3 aromatic carbocycles. The number of aromatic hydroxyl groups is 3. The molecule has 0 aliphatic carbocycles. The number of nitrogens with zero attached hydrogens (tertiary/aromatic N) is 3. The highest BCUT2D eigenvalue weighted by molar-refractivity contribution is 5.49. The van der Waals surface area contributed by atoms with Gasteiger partial charge in [0.1, 0.15) is 34.3 Å². The molecule has 0 saturated carbocycles. The minimum atomic E-state index is -0.0764. The minimum absolute atomic E-state index is 0.0764. The Labute approximate surface area is 167 Å². The first-order valence-corrected chi connectivity index (χ1v) is 8.36. The van der Waals surface area contributed by atoms with E-state index in [-0.39, 0.29) is 22.9 Å². The van der Waals surface area contributed by atoms with E-state index in [1.165, 1.54) is 60.7 Å². The normalized spacial score (nSPS) is 8.48. The van der Waals surface area contributed by atoms with Crippen LogP contribution >= 0.6 is 0 Å². The first kappa shape index (κ1) is 24.9. The molecule has 0 saturated heterocycles. The van der Waals surface area contributed by atoms with E-state index in [2.05, 4.69) is 15.5 Å². The van der Waals surface area contributed by atoms with Crippen LogP contribution in [0.1, 0.15) is 13.8 Å². The van der Waals surface area contributed by atoms with Crippen molar-refractivity contribution in [1.82, 2.24) is 0 Å². The topological polar surface area (TPSA) is 149 Å². The van der Waals surface area contributed by atoms with Gasteiger partial charge in [-0.15, -0.1) is 14.7 Å². The van der Waals surface area contributed by atoms with Gasteiger partial charge in [0.25, 0.3) is 0 Å². The van der Waals surface area contributed by atoms with E-state index in [4.69, 9.17) is 15.3 Å². The van der Waals surface area contributed by atoms with Gasteiger partial charge in [0.2, 0.25) is 0 Å². The molecular formula is C20H21N3O6. The number of hydrogen-bond donors (Lipinski definition) is 3. The molecule has 3 aromatic rings. The predicted octanol–water partition coefficient (Wildman–Crippen LogP) is 6.40. The van der Waals surface area contributed by atoms with Gasteiger partial charge in [-0.05, 0) is 76.2 Å². The molecule has 0 fully saturated rings. The fraction of sp³-hybridized carbons (Fsp3) is 0.100. The molecule has 0 atom stereocenters. The maximum Gasteiger partial charge on any atom is 0.149 e. The smallest absolute Gasteiger partial charge is 0.149 e. The second-order valence-corrected chi connectivity index (χ2v) is 4.80. The summed E-state index contributed by atoms with van der Waals surface area (Å²) < 4.78 is 0. The van der Waals surface area contributed by atoms with Crippen LogP contribution in [-0.2, 0) is 0 Å². The van der Waals surface area contributed by atoms with Crippen molar-refractivity contribution in [3.05, 3.63) is 87.5 Å². The second-order valence-electron chi connectivity index (χ2n) is 4.80. The summed E-state index contributed by atoms with van der Waals surface area (Å²) in [7, 11) is 0. The number of rotatable bonds is 3. The summed E-state index contributed by atoms with van der Waals surface area (Å²) in [5.74, 6) is 0.206. The van der Waals surface area contributed by atoms with Crippen molar-refractivity contribution >= 4 is 17.1 Å². The third-order valence-electron chi connectivity index (χ3n) is 2.89. The molecule has 0 aliphatic heterocycles. The summed E-state index contributed by atoms with van der Waals surface area (Å²) in [6.07, 6.45) is 0. The van der Waals surface area contributed by atoms with Crippen LogP contribution in [0.5, 0.6) is 17.2 Å². The number of phenolic OH excluding ortho intramolecular Hbond substituents is 3. The Bertz CT molecular complexity index is 819. The monoisotopic (exact) mass is 399 g/mol. The standard InChI is InChI=1S/3C6H5NO2.C2H6/c2*8-6-3-1-5(7-9)2-4-6;8-6-4-2-1-3-5(6)7-9;1-2/h3*1-4,8H;1-2H3. The molecule has 152 valence electrons. The van der Waals surface area contributed by atoms with Crippen molar-refractivity contribution in [2.75, 3.05) is 0 Å². The second kappa shape index (κ2) is 15.0. The van der Waals surface area contributed by atoms with E-state index in [1.54, 1.807) is 12.1 Å². The van der Waals surface area contributed by atoms with Gasteiger partial charge in [0.15, 0.2) is 0 Å². The van der Waals surface area contributed by atoms with Crippen molar-refractivity contribution in [1.29, 1.82) is 0 Å². The van der Waals surface area contributed by atoms with Gasteiger partial charge in [-0.25, -0.2) is 0 Å². The van der Waals surface area contributed by atoms with Crippen LogP contribution in [0.2, 0.25) is 0 Å². The summed E-state index contributed by atoms with van der Waals surface area (Å²) in [6.45, 7) is 4.00. The number of hydrogen-bond acceptors (Lipinski definition) is 9. The fourth-order valence-electron chi connectivity index (χ4n) is 1.57. The Morgan fingerprint density at radius 1 is 0.552 bits per heavy atom. The first-order chi connectivity index (χ1) is 14.0. The van der Waals surface area contributed by atoms with Crippen molar-refractivity contribution in [2.24, 2.45) is 15.5 Å². The van der Waals surface area contributed by atoms with Crippen molar-refractivity contribution < 1.29 is 15.3 Å². The molecule has 9 heteroatoms. The molecule has 0 spiro atoms. The van der Waals surface area contributed by atoms with Gasteiger partial charge in [-0.1, -0.05) is 26.0 Å². The molecule has 9 nitrogen and oxygen atoms in total. The summed E-state index contributed by atoms with van der Waals surface area (Å²) in [5, 5.41) is 34.1. The average molecular weight is 399 g/mol. The van der Waals surface area contributed by atoms with E-state index in [9.17, 15) is 14.7 Å². The van der Waals surface area contributed by atoms with Gasteiger partial charge < -0.3 is 15.3 Å². The van der Waals surface area contributed by atoms with Gasteiger partial charge in [0, 0.05) is 0 Å². The van der Waals surface area contributed by atoms with Crippen LogP contribution in [0, 0.1) is 14.7 Å². The highest BCUT2D eigenvalue weighted by atomic mass is 16.3. The molecule has 0 heterocycles. The van der Waals surface area contributed by atoms with Crippen LogP contribution in [0.25, 0.3) is 0 Å². The maximum atomic E-state index is 9.82. The van der Waals surface area contributed by atoms with Crippen molar-refractivity contribution in [2.45, 2.75) is 13.8 Å². The molecule has 0 unspecified atom stereocenters. The highest BCUT2D eigenvalue weighted by Crippen LogP contribution is 2.23. The molecular weight excluding hydrogens is 378 g/mol. The van der Waals surface area contributed by atoms with E-state index in [0.717, 1.165) is 0 Å². The maximum absolute atomic E-state index is 9.82. The predicted molar refractivity (Wildman–Crippen MR) is 112 cm³/mol. The number of para-hydroxylation sites is 1. The lowest BCUT2D eigenvalue weighted by Gasteiger charge is -1.89. The molecule has 0 bridgehead atoms. The molecule has 29 heavy (non-hydrogen) atoms. The zero-order valence-electron chi connectivity index (χ0n) is 15.8. The van der Waals surface area contributed by atoms with Crippen molar-refractivity contribution in [3.8, 4) is 17.2 Å². The quantitative estimate of drug-likeness (QED) is 0.434. The summed E-state index contributed by atoms with van der Waals surface area (Å²) in [5.41, 5.74) is 0.734. The third kappa shape index (κ3) is 10.6. The summed E-state index contributed by atoms with van der Waals surface area (Å²) >= 11 is 0. The zero-order chi connectivity index (χ0) is 22.1. The van der Waals surface area contributed by atoms with Crippen LogP contribution in [0.3, 0.4) is 0 Å². The molecule has 3 N–H and O–H groups in total. The fourth-order valence-corrected chi connectivity index (χ4v) is 1.57. The SMILES string of the molecule is CC.O=Nc1ccc(O)cc1.O=Nc1ccc(O)cc1.O=Nc1ccccc1O. The lowest BCUT2D eigenvalue weighted by atomic mass is 10.3. The lowest BCUT2D eigenvalue weighted by Crippen LogP contribution is -1.63. The number of phenols is 3. The van der Waals surface area contributed by atoms with Crippen LogP contribution in [0.15, 0.2) is 88.3 Å². The van der Waals surface area contributed by atoms with Gasteiger partial charge in [-0.3, -0.25) is 0 Å².